The van der Waals surface area contributed by atoms with Crippen LogP contribution in [0.1, 0.15) is 25.3 Å². The average Bonchev–Trinajstić information content (AvgIpc) is 2.16. The van der Waals surface area contributed by atoms with E-state index in [4.69, 9.17) is 0 Å². The fraction of sp³-hybridized carbons (Fsp3) is 0.417. The molecule has 2 nitrogen and oxygen atoms in total. The van der Waals surface area contributed by atoms with Crippen molar-refractivity contribution < 1.29 is 4.79 Å². The van der Waals surface area contributed by atoms with E-state index in [0.717, 1.165) is 22.9 Å². The van der Waals surface area contributed by atoms with Crippen LogP contribution in [-0.4, -0.2) is 6.08 Å². The Morgan fingerprint density at radius 3 is 2.47 bits per heavy atom. The molecule has 0 N–H and O–H groups in total. The zero-order chi connectivity index (χ0) is 10.9. The Labute approximate surface area is 97.5 Å². The van der Waals surface area contributed by atoms with Crippen molar-refractivity contribution >= 4 is 22.0 Å². The van der Waals surface area contributed by atoms with Crippen molar-refractivity contribution in [2.75, 3.05) is 0 Å². The van der Waals surface area contributed by atoms with Crippen molar-refractivity contribution in [1.29, 1.82) is 0 Å². The standard InChI is InChI=1S/C12H12BrNO/c1-9-6-12(7-9,14-8-15)10-2-4-11(13)5-3-10/h2-5,9H,6-7H2,1H3. The third kappa shape index (κ3) is 1.90. The monoisotopic (exact) mass is 265 g/mol. The van der Waals surface area contributed by atoms with E-state index in [1.54, 1.807) is 6.08 Å². The van der Waals surface area contributed by atoms with Crippen LogP contribution in [0.3, 0.4) is 0 Å². The van der Waals surface area contributed by atoms with E-state index >= 15 is 0 Å². The Bertz CT molecular complexity index is 400. The van der Waals surface area contributed by atoms with Crippen LogP contribution in [-0.2, 0) is 10.3 Å². The van der Waals surface area contributed by atoms with E-state index in [9.17, 15) is 4.79 Å². The lowest BCUT2D eigenvalue weighted by molar-refractivity contribution is 0.166. The Morgan fingerprint density at radius 1 is 1.40 bits per heavy atom. The summed E-state index contributed by atoms with van der Waals surface area (Å²) in [6, 6.07) is 8.02. The minimum absolute atomic E-state index is 0.290. The van der Waals surface area contributed by atoms with Crippen molar-refractivity contribution in [2.45, 2.75) is 25.3 Å². The molecule has 0 unspecified atom stereocenters. The lowest BCUT2D eigenvalue weighted by Gasteiger charge is -2.42. The van der Waals surface area contributed by atoms with Gasteiger partial charge in [0.15, 0.2) is 0 Å². The highest BCUT2D eigenvalue weighted by Gasteiger charge is 2.43. The Hall–Kier alpha value is -0.920. The predicted molar refractivity (Wildman–Crippen MR) is 62.3 cm³/mol. The first-order valence-electron chi connectivity index (χ1n) is 5.01. The highest BCUT2D eigenvalue weighted by atomic mass is 79.9. The van der Waals surface area contributed by atoms with Gasteiger partial charge in [0.05, 0.1) is 5.54 Å². The molecule has 0 aromatic heterocycles. The van der Waals surface area contributed by atoms with E-state index < -0.39 is 0 Å². The zero-order valence-electron chi connectivity index (χ0n) is 8.53. The summed E-state index contributed by atoms with van der Waals surface area (Å²) >= 11 is 3.40. The SMILES string of the molecule is CC1CC(N=C=O)(c2ccc(Br)cc2)C1. The zero-order valence-corrected chi connectivity index (χ0v) is 10.1. The summed E-state index contributed by atoms with van der Waals surface area (Å²) in [4.78, 5) is 14.5. The van der Waals surface area contributed by atoms with Gasteiger partial charge in [-0.1, -0.05) is 35.0 Å². The number of carbonyl (C=O) groups excluding carboxylic acids is 1. The van der Waals surface area contributed by atoms with Crippen LogP contribution >= 0.6 is 15.9 Å². The van der Waals surface area contributed by atoms with Crippen molar-refractivity contribution in [3.05, 3.63) is 34.3 Å². The average molecular weight is 266 g/mol. The Morgan fingerprint density at radius 2 is 2.00 bits per heavy atom. The molecular weight excluding hydrogens is 254 g/mol. The van der Waals surface area contributed by atoms with Gasteiger partial charge in [-0.25, -0.2) is 4.79 Å². The number of rotatable bonds is 2. The molecule has 0 radical (unpaired) electrons. The number of nitrogens with zero attached hydrogens (tertiary/aromatic N) is 1. The van der Waals surface area contributed by atoms with Gasteiger partial charge in [-0.3, -0.25) is 0 Å². The summed E-state index contributed by atoms with van der Waals surface area (Å²) in [7, 11) is 0. The van der Waals surface area contributed by atoms with Gasteiger partial charge in [-0.2, -0.15) is 4.99 Å². The molecule has 15 heavy (non-hydrogen) atoms. The smallest absolute Gasteiger partial charge is 0.211 e. The van der Waals surface area contributed by atoms with Gasteiger partial charge in [0.1, 0.15) is 0 Å². The molecule has 0 amide bonds. The molecule has 0 aliphatic heterocycles. The maximum atomic E-state index is 10.5. The summed E-state index contributed by atoms with van der Waals surface area (Å²) in [6.07, 6.45) is 3.60. The number of hydrogen-bond acceptors (Lipinski definition) is 2. The van der Waals surface area contributed by atoms with Gasteiger partial charge in [0, 0.05) is 4.47 Å². The molecule has 2 rings (SSSR count). The van der Waals surface area contributed by atoms with Gasteiger partial charge in [0.25, 0.3) is 0 Å². The van der Waals surface area contributed by atoms with Crippen LogP contribution < -0.4 is 0 Å². The van der Waals surface area contributed by atoms with E-state index in [1.807, 2.05) is 24.3 Å². The van der Waals surface area contributed by atoms with E-state index in [0.29, 0.717) is 5.92 Å². The molecule has 1 aliphatic carbocycles. The third-order valence-electron chi connectivity index (χ3n) is 3.01. The van der Waals surface area contributed by atoms with Crippen LogP contribution in [0.15, 0.2) is 33.7 Å². The predicted octanol–water partition coefficient (Wildman–Crippen LogP) is 3.41. The summed E-state index contributed by atoms with van der Waals surface area (Å²) in [6.45, 7) is 2.18. The van der Waals surface area contributed by atoms with E-state index in [2.05, 4.69) is 27.8 Å². The molecule has 0 spiro atoms. The summed E-state index contributed by atoms with van der Waals surface area (Å²) in [5, 5.41) is 0. The second-order valence-corrected chi connectivity index (χ2v) is 5.17. The maximum Gasteiger partial charge on any atom is 0.235 e. The first-order chi connectivity index (χ1) is 7.16. The lowest BCUT2D eigenvalue weighted by Crippen LogP contribution is -2.38. The molecule has 0 bridgehead atoms. The first kappa shape index (κ1) is 10.6. The molecule has 78 valence electrons. The van der Waals surface area contributed by atoms with E-state index in [-0.39, 0.29) is 5.54 Å². The molecule has 1 fully saturated rings. The molecule has 0 atom stereocenters. The summed E-state index contributed by atoms with van der Waals surface area (Å²) in [5.41, 5.74) is 0.828. The lowest BCUT2D eigenvalue weighted by atomic mass is 9.66. The number of aliphatic imine (C=N–C) groups is 1. The Balaban J connectivity index is 2.34. The quantitative estimate of drug-likeness (QED) is 0.595. The van der Waals surface area contributed by atoms with E-state index in [1.165, 1.54) is 0 Å². The first-order valence-corrected chi connectivity index (χ1v) is 5.81. The summed E-state index contributed by atoms with van der Waals surface area (Å²) in [5.74, 6) is 0.644. The summed E-state index contributed by atoms with van der Waals surface area (Å²) < 4.78 is 1.05. The second-order valence-electron chi connectivity index (χ2n) is 4.25. The molecular formula is C12H12BrNO. The third-order valence-corrected chi connectivity index (χ3v) is 3.54. The van der Waals surface area contributed by atoms with Gasteiger partial charge < -0.3 is 0 Å². The highest BCUT2D eigenvalue weighted by molar-refractivity contribution is 9.10. The van der Waals surface area contributed by atoms with Gasteiger partial charge in [-0.15, -0.1) is 0 Å². The molecule has 3 heteroatoms. The van der Waals surface area contributed by atoms with Crippen LogP contribution in [0.5, 0.6) is 0 Å². The number of benzene rings is 1. The van der Waals surface area contributed by atoms with Crippen LogP contribution in [0, 0.1) is 5.92 Å². The highest BCUT2D eigenvalue weighted by Crippen LogP contribution is 2.48. The van der Waals surface area contributed by atoms with Crippen molar-refractivity contribution in [3.8, 4) is 0 Å². The fourth-order valence-electron chi connectivity index (χ4n) is 2.33. The maximum absolute atomic E-state index is 10.5. The van der Waals surface area contributed by atoms with Crippen molar-refractivity contribution in [1.82, 2.24) is 0 Å². The van der Waals surface area contributed by atoms with Gasteiger partial charge in [-0.05, 0) is 36.5 Å². The van der Waals surface area contributed by atoms with Gasteiger partial charge >= 0.3 is 0 Å². The molecule has 0 saturated heterocycles. The van der Waals surface area contributed by atoms with Crippen LogP contribution in [0.4, 0.5) is 0 Å². The number of hydrogen-bond donors (Lipinski definition) is 0. The van der Waals surface area contributed by atoms with Crippen LogP contribution in [0.2, 0.25) is 0 Å². The molecule has 1 aromatic rings. The molecule has 1 aromatic carbocycles. The second kappa shape index (κ2) is 3.92. The number of isocyanates is 1. The van der Waals surface area contributed by atoms with Crippen molar-refractivity contribution in [2.24, 2.45) is 10.9 Å². The topological polar surface area (TPSA) is 29.4 Å². The largest absolute Gasteiger partial charge is 0.235 e. The Kier molecular flexibility index (Phi) is 2.76. The molecule has 0 heterocycles. The fourth-order valence-corrected chi connectivity index (χ4v) is 2.60. The van der Waals surface area contributed by atoms with Crippen molar-refractivity contribution in [3.63, 3.8) is 0 Å². The molecule has 1 saturated carbocycles. The van der Waals surface area contributed by atoms with Crippen LogP contribution in [0.25, 0.3) is 0 Å². The minimum Gasteiger partial charge on any atom is -0.211 e. The minimum atomic E-state index is -0.290. The normalized spacial score (nSPS) is 29.1. The van der Waals surface area contributed by atoms with Gasteiger partial charge in [0.2, 0.25) is 6.08 Å². The number of halogens is 1. The molecule has 1 aliphatic rings.